The third-order valence-corrected chi connectivity index (χ3v) is 3.04. The Bertz CT molecular complexity index is 304. The normalized spacial score (nSPS) is 13.4. The topological polar surface area (TPSA) is 24.1 Å². The molecule has 20 heavy (non-hydrogen) atoms. The molecule has 0 amide bonds. The molecule has 2 heteroatoms. The van der Waals surface area contributed by atoms with Crippen LogP contribution in [0.3, 0.4) is 0 Å². The summed E-state index contributed by atoms with van der Waals surface area (Å²) >= 11 is 0. The summed E-state index contributed by atoms with van der Waals surface area (Å²) in [5, 5.41) is 6.41. The molecule has 2 rings (SSSR count). The van der Waals surface area contributed by atoms with Crippen LogP contribution in [0.25, 0.3) is 0 Å². The zero-order chi connectivity index (χ0) is 15.8. The van der Waals surface area contributed by atoms with Crippen molar-refractivity contribution in [3.05, 3.63) is 43.0 Å². The number of nitrogens with one attached hydrogen (secondary N) is 2. The van der Waals surface area contributed by atoms with Gasteiger partial charge in [0.2, 0.25) is 0 Å². The van der Waals surface area contributed by atoms with Crippen molar-refractivity contribution in [2.45, 2.75) is 40.5 Å². The van der Waals surface area contributed by atoms with Gasteiger partial charge >= 0.3 is 0 Å². The van der Waals surface area contributed by atoms with Crippen LogP contribution >= 0.6 is 0 Å². The largest absolute Gasteiger partial charge is 0.388 e. The second-order valence-electron chi connectivity index (χ2n) is 4.50. The van der Waals surface area contributed by atoms with Gasteiger partial charge in [-0.25, -0.2) is 0 Å². The van der Waals surface area contributed by atoms with Crippen LogP contribution in [0.2, 0.25) is 0 Å². The maximum Gasteiger partial charge on any atom is 0.0367 e. The zero-order valence-corrected chi connectivity index (χ0v) is 14.1. The van der Waals surface area contributed by atoms with Gasteiger partial charge in [0.1, 0.15) is 0 Å². The van der Waals surface area contributed by atoms with Gasteiger partial charge in [-0.15, -0.1) is 13.2 Å². The van der Waals surface area contributed by atoms with E-state index in [2.05, 4.69) is 49.8 Å². The molecule has 0 saturated carbocycles. The molecular formula is C18H34N2. The van der Waals surface area contributed by atoms with Crippen molar-refractivity contribution in [3.8, 4) is 0 Å². The Balaban J connectivity index is 0. The van der Waals surface area contributed by atoms with E-state index in [0.717, 1.165) is 5.92 Å². The first-order valence-corrected chi connectivity index (χ1v) is 7.68. The van der Waals surface area contributed by atoms with Gasteiger partial charge in [-0.3, -0.25) is 0 Å². The molecule has 2 nitrogen and oxygen atoms in total. The molecule has 0 radical (unpaired) electrons. The van der Waals surface area contributed by atoms with E-state index in [-0.39, 0.29) is 0 Å². The van der Waals surface area contributed by atoms with Gasteiger partial charge < -0.3 is 10.6 Å². The smallest absolute Gasteiger partial charge is 0.0367 e. The maximum absolute atomic E-state index is 3.32. The van der Waals surface area contributed by atoms with Gasteiger partial charge in [-0.2, -0.15) is 0 Å². The predicted octanol–water partition coefficient (Wildman–Crippen LogP) is 4.87. The highest BCUT2D eigenvalue weighted by atomic mass is 14.9. The third kappa shape index (κ3) is 10.6. The van der Waals surface area contributed by atoms with Crippen LogP contribution in [0.5, 0.6) is 0 Å². The summed E-state index contributed by atoms with van der Waals surface area (Å²) in [4.78, 5) is 0. The van der Waals surface area contributed by atoms with Crippen LogP contribution in [-0.2, 0) is 0 Å². The first-order valence-electron chi connectivity index (χ1n) is 7.68. The Morgan fingerprint density at radius 3 is 1.90 bits per heavy atom. The summed E-state index contributed by atoms with van der Waals surface area (Å²) in [6.07, 6.45) is 2.75. The van der Waals surface area contributed by atoms with Crippen LogP contribution in [0, 0.1) is 12.8 Å². The summed E-state index contributed by atoms with van der Waals surface area (Å²) in [5.41, 5.74) is 2.50. The highest BCUT2D eigenvalue weighted by Gasteiger charge is 2.05. The van der Waals surface area contributed by atoms with Crippen LogP contribution in [-0.4, -0.2) is 20.1 Å². The van der Waals surface area contributed by atoms with E-state index < -0.39 is 0 Å². The summed E-state index contributed by atoms with van der Waals surface area (Å²) in [5.74, 6) is 0.973. The van der Waals surface area contributed by atoms with Crippen molar-refractivity contribution >= 4 is 5.69 Å². The fourth-order valence-corrected chi connectivity index (χ4v) is 1.82. The van der Waals surface area contributed by atoms with E-state index in [4.69, 9.17) is 0 Å². The molecule has 0 atom stereocenters. The van der Waals surface area contributed by atoms with E-state index in [9.17, 15) is 0 Å². The summed E-state index contributed by atoms with van der Waals surface area (Å²) in [7, 11) is 1.93. The molecule has 0 spiro atoms. The molecule has 1 heterocycles. The van der Waals surface area contributed by atoms with E-state index in [1.807, 2.05) is 33.0 Å². The van der Waals surface area contributed by atoms with Crippen molar-refractivity contribution in [1.29, 1.82) is 0 Å². The minimum Gasteiger partial charge on any atom is -0.388 e. The molecule has 1 aromatic rings. The van der Waals surface area contributed by atoms with E-state index in [1.54, 1.807) is 0 Å². The van der Waals surface area contributed by atoms with Crippen molar-refractivity contribution in [2.24, 2.45) is 5.92 Å². The average molecular weight is 278 g/mol. The second-order valence-corrected chi connectivity index (χ2v) is 4.50. The van der Waals surface area contributed by atoms with E-state index >= 15 is 0 Å². The molecule has 116 valence electrons. The number of benzene rings is 1. The SMILES string of the molecule is C=C.CC.CC1CCNCC1.CNc1ccccc1C. The Morgan fingerprint density at radius 1 is 1.10 bits per heavy atom. The fraction of sp³-hybridized carbons (Fsp3) is 0.556. The lowest BCUT2D eigenvalue weighted by Crippen LogP contribution is -2.26. The molecular weight excluding hydrogens is 244 g/mol. The van der Waals surface area contributed by atoms with Crippen molar-refractivity contribution in [3.63, 3.8) is 0 Å². The molecule has 2 N–H and O–H groups in total. The van der Waals surface area contributed by atoms with Gasteiger partial charge in [-0.05, 0) is 50.4 Å². The molecule has 1 aliphatic heterocycles. The molecule has 0 aromatic heterocycles. The van der Waals surface area contributed by atoms with Crippen molar-refractivity contribution in [2.75, 3.05) is 25.5 Å². The third-order valence-electron chi connectivity index (χ3n) is 3.04. The summed E-state index contributed by atoms with van der Waals surface area (Å²) < 4.78 is 0. The highest BCUT2D eigenvalue weighted by molar-refractivity contribution is 5.49. The lowest BCUT2D eigenvalue weighted by molar-refractivity contribution is 0.402. The minimum atomic E-state index is 0.973. The van der Waals surface area contributed by atoms with Gasteiger partial charge in [0.15, 0.2) is 0 Å². The number of piperidine rings is 1. The van der Waals surface area contributed by atoms with Crippen LogP contribution in [0.4, 0.5) is 5.69 Å². The van der Waals surface area contributed by atoms with Crippen molar-refractivity contribution < 1.29 is 0 Å². The Kier molecular flexibility index (Phi) is 16.6. The highest BCUT2D eigenvalue weighted by Crippen LogP contribution is 2.11. The van der Waals surface area contributed by atoms with E-state index in [1.165, 1.54) is 37.2 Å². The minimum absolute atomic E-state index is 0.973. The van der Waals surface area contributed by atoms with Crippen molar-refractivity contribution in [1.82, 2.24) is 5.32 Å². The molecule has 0 bridgehead atoms. The van der Waals surface area contributed by atoms with Gasteiger partial charge in [-0.1, -0.05) is 39.0 Å². The number of anilines is 1. The van der Waals surface area contributed by atoms with E-state index in [0.29, 0.717) is 0 Å². The lowest BCUT2D eigenvalue weighted by Gasteiger charge is -2.17. The number of hydrogen-bond donors (Lipinski definition) is 2. The van der Waals surface area contributed by atoms with Gasteiger partial charge in [0.25, 0.3) is 0 Å². The zero-order valence-electron chi connectivity index (χ0n) is 14.1. The summed E-state index contributed by atoms with van der Waals surface area (Å²) in [6, 6.07) is 8.22. The average Bonchev–Trinajstić information content (AvgIpc) is 2.53. The molecule has 0 unspecified atom stereocenters. The standard InChI is InChI=1S/C8H11N.C6H13N.C2H6.C2H4/c1-7-5-3-4-6-8(7)9-2;1-6-2-4-7-5-3-6;2*1-2/h3-6,9H,1-2H3;6-7H,2-5H2,1H3;1-2H3;1-2H2. The molecule has 1 aromatic carbocycles. The first kappa shape index (κ1) is 21.0. The molecule has 1 aliphatic rings. The van der Waals surface area contributed by atoms with Crippen LogP contribution in [0.1, 0.15) is 39.2 Å². The lowest BCUT2D eigenvalue weighted by atomic mass is 10.0. The van der Waals surface area contributed by atoms with Crippen LogP contribution in [0.15, 0.2) is 37.4 Å². The molecule has 1 fully saturated rings. The second kappa shape index (κ2) is 15.8. The van der Waals surface area contributed by atoms with Gasteiger partial charge in [0, 0.05) is 12.7 Å². The molecule has 0 aliphatic carbocycles. The Hall–Kier alpha value is -1.28. The number of para-hydroxylation sites is 1. The number of rotatable bonds is 1. The Labute approximate surface area is 126 Å². The quantitative estimate of drug-likeness (QED) is 0.716. The van der Waals surface area contributed by atoms with Crippen LogP contribution < -0.4 is 10.6 Å². The monoisotopic (exact) mass is 278 g/mol. The number of aryl methyl sites for hydroxylation is 1. The Morgan fingerprint density at radius 2 is 1.60 bits per heavy atom. The maximum atomic E-state index is 3.32. The first-order chi connectivity index (χ1) is 9.74. The molecule has 1 saturated heterocycles. The fourth-order valence-electron chi connectivity index (χ4n) is 1.82. The number of hydrogen-bond acceptors (Lipinski definition) is 2. The van der Waals surface area contributed by atoms with Gasteiger partial charge in [0.05, 0.1) is 0 Å². The summed E-state index contributed by atoms with van der Waals surface area (Å²) in [6.45, 7) is 16.9. The predicted molar refractivity (Wildman–Crippen MR) is 94.6 cm³/mol.